The van der Waals surface area contributed by atoms with Gasteiger partial charge in [-0.15, -0.1) is 0 Å². The molecule has 0 spiro atoms. The minimum Gasteiger partial charge on any atom is -0.338 e. The van der Waals surface area contributed by atoms with Crippen LogP contribution in [0.4, 0.5) is 0 Å². The molecular formula is C22H36N4O5S. The second-order valence-electron chi connectivity index (χ2n) is 9.16. The first kappa shape index (κ1) is 24.9. The van der Waals surface area contributed by atoms with Crippen LogP contribution in [0.15, 0.2) is 12.2 Å². The Morgan fingerprint density at radius 3 is 1.94 bits per heavy atom. The number of carbonyl (C=O) groups excluding carboxylic acids is 3. The second-order valence-corrected chi connectivity index (χ2v) is 11.1. The third-order valence-electron chi connectivity index (χ3n) is 6.74. The van der Waals surface area contributed by atoms with Gasteiger partial charge in [0.05, 0.1) is 11.8 Å². The number of nitrogens with zero attached hydrogens (tertiary/aromatic N) is 4. The highest BCUT2D eigenvalue weighted by Crippen LogP contribution is 2.37. The predicted octanol–water partition coefficient (Wildman–Crippen LogP) is 1.08. The molecule has 0 radical (unpaired) electrons. The summed E-state index contributed by atoms with van der Waals surface area (Å²) in [6.45, 7) is 9.23. The van der Waals surface area contributed by atoms with Crippen LogP contribution in [0.3, 0.4) is 0 Å². The highest BCUT2D eigenvalue weighted by Gasteiger charge is 2.52. The SMILES string of the molecule is CCN(CC)S(=O)(=O)N1CCN(C(=O)C(CC(C)C)N2C(=O)C3CC=CCC3C2=O)CC1. The Bertz CT molecular complexity index is 834. The molecule has 2 saturated heterocycles. The number of piperazine rings is 1. The third-order valence-corrected chi connectivity index (χ3v) is 8.93. The van der Waals surface area contributed by atoms with Crippen LogP contribution in [0.25, 0.3) is 0 Å². The molecule has 0 N–H and O–H groups in total. The normalized spacial score (nSPS) is 25.7. The molecule has 2 aliphatic heterocycles. The first-order valence-electron chi connectivity index (χ1n) is 11.7. The molecule has 9 nitrogen and oxygen atoms in total. The van der Waals surface area contributed by atoms with E-state index < -0.39 is 16.3 Å². The maximum absolute atomic E-state index is 13.5. The lowest BCUT2D eigenvalue weighted by atomic mass is 9.85. The lowest BCUT2D eigenvalue weighted by Crippen LogP contribution is -2.58. The Balaban J connectivity index is 1.74. The summed E-state index contributed by atoms with van der Waals surface area (Å²) in [6, 6.07) is -0.827. The van der Waals surface area contributed by atoms with E-state index in [1.165, 1.54) is 13.5 Å². The Morgan fingerprint density at radius 2 is 1.50 bits per heavy atom. The smallest absolute Gasteiger partial charge is 0.282 e. The minimum atomic E-state index is -3.56. The molecule has 32 heavy (non-hydrogen) atoms. The minimum absolute atomic E-state index is 0.120. The van der Waals surface area contributed by atoms with E-state index in [1.54, 1.807) is 18.7 Å². The maximum atomic E-state index is 13.5. The van der Waals surface area contributed by atoms with Crippen molar-refractivity contribution in [2.45, 2.75) is 53.0 Å². The molecule has 180 valence electrons. The molecule has 0 aromatic heterocycles. The predicted molar refractivity (Wildman–Crippen MR) is 120 cm³/mol. The van der Waals surface area contributed by atoms with Crippen LogP contribution in [0.1, 0.15) is 47.0 Å². The quantitative estimate of drug-likeness (QED) is 0.392. The van der Waals surface area contributed by atoms with Crippen molar-refractivity contribution in [3.05, 3.63) is 12.2 Å². The second kappa shape index (κ2) is 10.0. The fraction of sp³-hybridized carbons (Fsp3) is 0.773. The molecule has 0 saturated carbocycles. The molecule has 3 atom stereocenters. The van der Waals surface area contributed by atoms with E-state index in [-0.39, 0.29) is 61.7 Å². The molecule has 3 aliphatic rings. The largest absolute Gasteiger partial charge is 0.338 e. The van der Waals surface area contributed by atoms with E-state index in [2.05, 4.69) is 0 Å². The number of likely N-dealkylation sites (tertiary alicyclic amines) is 1. The molecule has 2 heterocycles. The van der Waals surface area contributed by atoms with Crippen LogP contribution >= 0.6 is 0 Å². The van der Waals surface area contributed by atoms with Crippen LogP contribution < -0.4 is 0 Å². The standard InChI is InChI=1S/C22H36N4O5S/c1-5-24(6-2)32(30,31)25-13-11-23(12-14-25)22(29)19(15-16(3)4)26-20(27)17-9-7-8-10-18(17)21(26)28/h7-8,16-19H,5-6,9-15H2,1-4H3. The molecule has 3 amide bonds. The summed E-state index contributed by atoms with van der Waals surface area (Å²) in [5.41, 5.74) is 0. The van der Waals surface area contributed by atoms with Crippen molar-refractivity contribution in [3.63, 3.8) is 0 Å². The third kappa shape index (κ3) is 4.63. The van der Waals surface area contributed by atoms with E-state index in [0.717, 1.165) is 0 Å². The molecule has 2 fully saturated rings. The first-order chi connectivity index (χ1) is 15.1. The average molecular weight is 469 g/mol. The number of hydrogen-bond acceptors (Lipinski definition) is 5. The number of carbonyl (C=O) groups is 3. The van der Waals surface area contributed by atoms with Crippen LogP contribution in [0, 0.1) is 17.8 Å². The van der Waals surface area contributed by atoms with E-state index >= 15 is 0 Å². The van der Waals surface area contributed by atoms with Crippen molar-refractivity contribution < 1.29 is 22.8 Å². The highest BCUT2D eigenvalue weighted by molar-refractivity contribution is 7.86. The van der Waals surface area contributed by atoms with Crippen LogP contribution in [-0.2, 0) is 24.6 Å². The molecular weight excluding hydrogens is 432 g/mol. The molecule has 3 unspecified atom stereocenters. The van der Waals surface area contributed by atoms with Crippen molar-refractivity contribution in [1.29, 1.82) is 0 Å². The van der Waals surface area contributed by atoms with E-state index in [1.807, 2.05) is 26.0 Å². The zero-order valence-electron chi connectivity index (χ0n) is 19.6. The van der Waals surface area contributed by atoms with Crippen molar-refractivity contribution in [1.82, 2.24) is 18.4 Å². The highest BCUT2D eigenvalue weighted by atomic mass is 32.2. The zero-order valence-corrected chi connectivity index (χ0v) is 20.4. The van der Waals surface area contributed by atoms with Gasteiger partial charge in [-0.3, -0.25) is 19.3 Å². The summed E-state index contributed by atoms with van der Waals surface area (Å²) in [5, 5.41) is 0. The monoisotopic (exact) mass is 468 g/mol. The molecule has 1 aliphatic carbocycles. The van der Waals surface area contributed by atoms with Gasteiger partial charge < -0.3 is 4.90 Å². The molecule has 3 rings (SSSR count). The van der Waals surface area contributed by atoms with Gasteiger partial charge in [-0.25, -0.2) is 0 Å². The fourth-order valence-corrected chi connectivity index (χ4v) is 6.56. The summed E-state index contributed by atoms with van der Waals surface area (Å²) < 4.78 is 28.4. The summed E-state index contributed by atoms with van der Waals surface area (Å²) in [5.74, 6) is -1.37. The number of hydrogen-bond donors (Lipinski definition) is 0. The van der Waals surface area contributed by atoms with Gasteiger partial charge in [-0.1, -0.05) is 39.8 Å². The van der Waals surface area contributed by atoms with Crippen molar-refractivity contribution >= 4 is 27.9 Å². The average Bonchev–Trinajstić information content (AvgIpc) is 3.02. The van der Waals surface area contributed by atoms with E-state index in [9.17, 15) is 22.8 Å². The van der Waals surface area contributed by atoms with Crippen molar-refractivity contribution in [3.8, 4) is 0 Å². The number of fused-ring (bicyclic) bond motifs is 1. The van der Waals surface area contributed by atoms with Crippen LogP contribution in [0.5, 0.6) is 0 Å². The molecule has 0 aromatic rings. The number of allylic oxidation sites excluding steroid dienone is 2. The van der Waals surface area contributed by atoms with Crippen LogP contribution in [-0.4, -0.2) is 89.9 Å². The van der Waals surface area contributed by atoms with Crippen molar-refractivity contribution in [2.75, 3.05) is 39.3 Å². The Hall–Kier alpha value is -1.78. The van der Waals surface area contributed by atoms with Gasteiger partial charge in [0.2, 0.25) is 17.7 Å². The van der Waals surface area contributed by atoms with E-state index in [4.69, 9.17) is 0 Å². The fourth-order valence-electron chi connectivity index (χ4n) is 4.96. The summed E-state index contributed by atoms with van der Waals surface area (Å²) >= 11 is 0. The Kier molecular flexibility index (Phi) is 7.77. The van der Waals surface area contributed by atoms with Gasteiger partial charge in [-0.05, 0) is 25.2 Å². The van der Waals surface area contributed by atoms with Gasteiger partial charge in [0, 0.05) is 39.3 Å². The zero-order chi connectivity index (χ0) is 23.6. The van der Waals surface area contributed by atoms with Crippen molar-refractivity contribution in [2.24, 2.45) is 17.8 Å². The summed E-state index contributed by atoms with van der Waals surface area (Å²) in [6.07, 6.45) is 5.35. The Labute approximate surface area is 191 Å². The van der Waals surface area contributed by atoms with E-state index in [0.29, 0.717) is 32.4 Å². The van der Waals surface area contributed by atoms with Gasteiger partial charge >= 0.3 is 0 Å². The maximum Gasteiger partial charge on any atom is 0.282 e. The topological polar surface area (TPSA) is 98.3 Å². The first-order valence-corrected chi connectivity index (χ1v) is 13.1. The molecule has 0 bridgehead atoms. The van der Waals surface area contributed by atoms with Gasteiger partial charge in [0.15, 0.2) is 0 Å². The summed E-state index contributed by atoms with van der Waals surface area (Å²) in [4.78, 5) is 42.5. The number of amides is 3. The van der Waals surface area contributed by atoms with Gasteiger partial charge in [0.1, 0.15) is 6.04 Å². The Morgan fingerprint density at radius 1 is 1.00 bits per heavy atom. The molecule has 10 heteroatoms. The lowest BCUT2D eigenvalue weighted by Gasteiger charge is -2.39. The lowest BCUT2D eigenvalue weighted by molar-refractivity contribution is -0.152. The number of rotatable bonds is 8. The molecule has 0 aromatic carbocycles. The summed E-state index contributed by atoms with van der Waals surface area (Å²) in [7, 11) is -3.56. The van der Waals surface area contributed by atoms with Gasteiger partial charge in [-0.2, -0.15) is 17.0 Å². The number of imide groups is 1. The van der Waals surface area contributed by atoms with Gasteiger partial charge in [0.25, 0.3) is 10.2 Å². The van der Waals surface area contributed by atoms with Crippen LogP contribution in [0.2, 0.25) is 0 Å².